The van der Waals surface area contributed by atoms with Crippen molar-refractivity contribution in [1.82, 2.24) is 9.13 Å². The van der Waals surface area contributed by atoms with Gasteiger partial charge in [-0.3, -0.25) is 9.36 Å². The average molecular weight is 684 g/mol. The lowest BCUT2D eigenvalue weighted by atomic mass is 9.93. The number of ether oxygens (including phenoxy) is 1. The fourth-order valence-corrected chi connectivity index (χ4v) is 7.72. The maximum atomic E-state index is 14.8. The molecule has 0 saturated carbocycles. The van der Waals surface area contributed by atoms with Crippen molar-refractivity contribution < 1.29 is 9.53 Å². The lowest BCUT2D eigenvalue weighted by Crippen LogP contribution is -2.40. The molecule has 8 rings (SSSR count). The summed E-state index contributed by atoms with van der Waals surface area (Å²) in [5.41, 5.74) is 8.10. The number of rotatable bonds is 8. The zero-order valence-electron chi connectivity index (χ0n) is 27.8. The Labute approximate surface area is 299 Å². The minimum Gasteiger partial charge on any atom is -0.463 e. The van der Waals surface area contributed by atoms with Crippen molar-refractivity contribution in [1.29, 1.82) is 0 Å². The number of fused-ring (bicyclic) bond motifs is 1. The van der Waals surface area contributed by atoms with Gasteiger partial charge in [-0.05, 0) is 47.9 Å². The summed E-state index contributed by atoms with van der Waals surface area (Å²) in [6.07, 6.45) is 1.97. The molecule has 0 saturated heterocycles. The largest absolute Gasteiger partial charge is 0.463 e. The fourth-order valence-electron chi connectivity index (χ4n) is 6.73. The van der Waals surface area contributed by atoms with Crippen LogP contribution in [0.25, 0.3) is 40.0 Å². The van der Waals surface area contributed by atoms with Crippen molar-refractivity contribution in [3.05, 3.63) is 200 Å². The van der Waals surface area contributed by atoms with Crippen LogP contribution in [0.4, 0.5) is 0 Å². The zero-order valence-corrected chi connectivity index (χ0v) is 28.7. The predicted molar refractivity (Wildman–Crippen MR) is 204 cm³/mol. The SMILES string of the molecule is CCOC(=O)C1=C(c2ccccc2)N=c2s/c(=C\c3cc(-c4ccccc4)n(-c4ccccc4)c3-c3ccccc3)c(=O)n2[C@H]1c1ccccc1. The maximum absolute atomic E-state index is 14.8. The molecule has 0 amide bonds. The Kier molecular flexibility index (Phi) is 8.70. The van der Waals surface area contributed by atoms with E-state index in [9.17, 15) is 9.59 Å². The van der Waals surface area contributed by atoms with Crippen LogP contribution in [-0.4, -0.2) is 21.7 Å². The van der Waals surface area contributed by atoms with Gasteiger partial charge in [-0.25, -0.2) is 9.79 Å². The molecule has 0 N–H and O–H groups in total. The molecule has 1 atom stereocenters. The molecule has 248 valence electrons. The van der Waals surface area contributed by atoms with E-state index >= 15 is 0 Å². The van der Waals surface area contributed by atoms with Gasteiger partial charge in [-0.1, -0.05) is 151 Å². The van der Waals surface area contributed by atoms with E-state index in [1.807, 2.05) is 121 Å². The van der Waals surface area contributed by atoms with Crippen LogP contribution in [0, 0.1) is 0 Å². The number of aromatic nitrogens is 2. The normalized spacial score (nSPS) is 14.2. The van der Waals surface area contributed by atoms with Crippen LogP contribution >= 0.6 is 11.3 Å². The van der Waals surface area contributed by atoms with Crippen molar-refractivity contribution in [2.75, 3.05) is 6.61 Å². The first kappa shape index (κ1) is 31.9. The molecular formula is C44H33N3O3S. The third kappa shape index (κ3) is 5.98. The van der Waals surface area contributed by atoms with Crippen LogP contribution in [0.2, 0.25) is 0 Å². The van der Waals surface area contributed by atoms with E-state index in [-0.39, 0.29) is 12.2 Å². The molecule has 7 aromatic rings. The van der Waals surface area contributed by atoms with Gasteiger partial charge in [0.15, 0.2) is 4.80 Å². The van der Waals surface area contributed by atoms with E-state index in [0.29, 0.717) is 20.6 Å². The highest BCUT2D eigenvalue weighted by Gasteiger charge is 2.35. The summed E-state index contributed by atoms with van der Waals surface area (Å²) in [6, 6.07) is 51.5. The minimum atomic E-state index is -0.735. The van der Waals surface area contributed by atoms with E-state index in [1.54, 1.807) is 11.5 Å². The summed E-state index contributed by atoms with van der Waals surface area (Å²) in [6.45, 7) is 1.98. The second-order valence-corrected chi connectivity index (χ2v) is 13.1. The molecule has 7 heteroatoms. The fraction of sp³-hybridized carbons (Fsp3) is 0.0682. The van der Waals surface area contributed by atoms with Crippen LogP contribution in [0.15, 0.2) is 173 Å². The molecular weight excluding hydrogens is 651 g/mol. The smallest absolute Gasteiger partial charge is 0.338 e. The van der Waals surface area contributed by atoms with Gasteiger partial charge in [0.25, 0.3) is 5.56 Å². The average Bonchev–Trinajstić information content (AvgIpc) is 3.72. The summed E-state index contributed by atoms with van der Waals surface area (Å²) in [5.74, 6) is -0.498. The van der Waals surface area contributed by atoms with Gasteiger partial charge >= 0.3 is 5.97 Å². The molecule has 0 bridgehead atoms. The molecule has 2 aromatic heterocycles. The summed E-state index contributed by atoms with van der Waals surface area (Å²) in [4.78, 5) is 34.1. The first-order valence-corrected chi connectivity index (χ1v) is 17.7. The Bertz CT molecular complexity index is 2560. The Morgan fingerprint density at radius 3 is 1.90 bits per heavy atom. The monoisotopic (exact) mass is 683 g/mol. The second kappa shape index (κ2) is 13.9. The van der Waals surface area contributed by atoms with E-state index in [4.69, 9.17) is 9.73 Å². The van der Waals surface area contributed by atoms with E-state index in [2.05, 4.69) is 47.0 Å². The Hall–Kier alpha value is -6.31. The number of esters is 1. The van der Waals surface area contributed by atoms with Crippen LogP contribution in [0.3, 0.4) is 0 Å². The Balaban J connectivity index is 1.43. The first-order valence-electron chi connectivity index (χ1n) is 16.9. The summed E-state index contributed by atoms with van der Waals surface area (Å²) in [7, 11) is 0. The third-order valence-electron chi connectivity index (χ3n) is 8.94. The lowest BCUT2D eigenvalue weighted by molar-refractivity contribution is -0.138. The van der Waals surface area contributed by atoms with Gasteiger partial charge in [-0.15, -0.1) is 0 Å². The third-order valence-corrected chi connectivity index (χ3v) is 9.92. The number of thiazole rings is 1. The molecule has 0 fully saturated rings. The van der Waals surface area contributed by atoms with Gasteiger partial charge in [0, 0.05) is 16.8 Å². The summed E-state index contributed by atoms with van der Waals surface area (Å²) >= 11 is 1.32. The second-order valence-electron chi connectivity index (χ2n) is 12.1. The highest BCUT2D eigenvalue weighted by Crippen LogP contribution is 2.37. The topological polar surface area (TPSA) is 65.6 Å². The zero-order chi connectivity index (χ0) is 34.7. The Morgan fingerprint density at radius 1 is 0.745 bits per heavy atom. The highest BCUT2D eigenvalue weighted by atomic mass is 32.1. The van der Waals surface area contributed by atoms with Crippen LogP contribution in [0.5, 0.6) is 0 Å². The number of nitrogens with zero attached hydrogens (tertiary/aromatic N) is 3. The van der Waals surface area contributed by atoms with Crippen molar-refractivity contribution >= 4 is 29.1 Å². The summed E-state index contributed by atoms with van der Waals surface area (Å²) in [5, 5.41) is 0. The number of benzene rings is 5. The van der Waals surface area contributed by atoms with Gasteiger partial charge in [0.05, 0.1) is 39.8 Å². The number of carbonyl (C=O) groups is 1. The van der Waals surface area contributed by atoms with Gasteiger partial charge in [0.1, 0.15) is 0 Å². The summed E-state index contributed by atoms with van der Waals surface area (Å²) < 4.78 is 10.0. The molecule has 0 spiro atoms. The van der Waals surface area contributed by atoms with Crippen molar-refractivity contribution in [2.24, 2.45) is 4.99 Å². The standard InChI is InChI=1S/C44H33N3O3S/c1-2-50-43(49)38-39(31-20-10-4-11-21-31)45-44-47(41(38)33-24-14-6-15-25-33)42(48)37(51-44)29-34-28-36(30-18-8-3-9-19-30)46(35-26-16-7-17-27-35)40(34)32-22-12-5-13-23-32/h3-29,41H,2H2,1H3/b37-29-/t41-/m0/s1. The molecule has 5 aromatic carbocycles. The molecule has 0 radical (unpaired) electrons. The number of hydrogen-bond acceptors (Lipinski definition) is 5. The molecule has 1 aliphatic rings. The molecule has 1 aliphatic heterocycles. The van der Waals surface area contributed by atoms with Gasteiger partial charge < -0.3 is 9.30 Å². The quantitative estimate of drug-likeness (QED) is 0.152. The van der Waals surface area contributed by atoms with Crippen LogP contribution in [0.1, 0.15) is 29.7 Å². The maximum Gasteiger partial charge on any atom is 0.338 e. The van der Waals surface area contributed by atoms with E-state index in [0.717, 1.165) is 44.9 Å². The van der Waals surface area contributed by atoms with Crippen molar-refractivity contribution in [2.45, 2.75) is 13.0 Å². The van der Waals surface area contributed by atoms with Crippen LogP contribution in [-0.2, 0) is 9.53 Å². The Morgan fingerprint density at radius 2 is 1.29 bits per heavy atom. The van der Waals surface area contributed by atoms with Gasteiger partial charge in [-0.2, -0.15) is 0 Å². The lowest BCUT2D eigenvalue weighted by Gasteiger charge is -2.25. The molecule has 51 heavy (non-hydrogen) atoms. The highest BCUT2D eigenvalue weighted by molar-refractivity contribution is 7.07. The number of para-hydroxylation sites is 1. The van der Waals surface area contributed by atoms with Crippen molar-refractivity contribution in [3.8, 4) is 28.2 Å². The number of carbonyl (C=O) groups excluding carboxylic acids is 1. The predicted octanol–water partition coefficient (Wildman–Crippen LogP) is 8.06. The molecule has 0 unspecified atom stereocenters. The number of hydrogen-bond donors (Lipinski definition) is 0. The van der Waals surface area contributed by atoms with E-state index in [1.165, 1.54) is 11.3 Å². The van der Waals surface area contributed by atoms with Crippen LogP contribution < -0.4 is 14.9 Å². The first-order chi connectivity index (χ1) is 25.1. The molecule has 3 heterocycles. The van der Waals surface area contributed by atoms with Gasteiger partial charge in [0.2, 0.25) is 0 Å². The van der Waals surface area contributed by atoms with E-state index < -0.39 is 12.0 Å². The van der Waals surface area contributed by atoms with Crippen molar-refractivity contribution in [3.63, 3.8) is 0 Å². The minimum absolute atomic E-state index is 0.195. The molecule has 0 aliphatic carbocycles. The molecule has 6 nitrogen and oxygen atoms in total.